The van der Waals surface area contributed by atoms with Crippen LogP contribution in [0.25, 0.3) is 0 Å². The summed E-state index contributed by atoms with van der Waals surface area (Å²) in [5, 5.41) is 14.4. The maximum atomic E-state index is 12.5. The Kier molecular flexibility index (Phi) is 3.95. The summed E-state index contributed by atoms with van der Waals surface area (Å²) in [4.78, 5) is 11.9. The first-order chi connectivity index (χ1) is 9.41. The lowest BCUT2D eigenvalue weighted by Crippen LogP contribution is -2.35. The monoisotopic (exact) mass is 283 g/mol. The van der Waals surface area contributed by atoms with Crippen LogP contribution in [0.3, 0.4) is 0 Å². The first-order valence-electron chi connectivity index (χ1n) is 6.07. The van der Waals surface area contributed by atoms with Gasteiger partial charge in [0.1, 0.15) is 6.07 Å². The zero-order chi connectivity index (χ0) is 14.8. The standard InChI is InChI=1S/C13H12F3N3O/c14-13(15,16)9-3-4-10(8(6-9)7-17)19-12(20)11-2-1-5-18-11/h3-4,6,11,18H,1-2,5H2,(H,19,20)/t11-/m1/s1. The van der Waals surface area contributed by atoms with E-state index in [1.165, 1.54) is 0 Å². The normalized spacial score (nSPS) is 18.6. The summed E-state index contributed by atoms with van der Waals surface area (Å²) >= 11 is 0. The van der Waals surface area contributed by atoms with E-state index in [9.17, 15) is 18.0 Å². The van der Waals surface area contributed by atoms with Crippen molar-refractivity contribution in [1.82, 2.24) is 5.32 Å². The van der Waals surface area contributed by atoms with Crippen LogP contribution in [-0.4, -0.2) is 18.5 Å². The van der Waals surface area contributed by atoms with E-state index in [1.54, 1.807) is 6.07 Å². The van der Waals surface area contributed by atoms with Crippen LogP contribution in [0.15, 0.2) is 18.2 Å². The number of hydrogen-bond donors (Lipinski definition) is 2. The molecule has 2 rings (SSSR count). The minimum atomic E-state index is -4.51. The third-order valence-electron chi connectivity index (χ3n) is 3.10. The number of rotatable bonds is 2. The topological polar surface area (TPSA) is 64.9 Å². The van der Waals surface area contributed by atoms with Gasteiger partial charge < -0.3 is 10.6 Å². The van der Waals surface area contributed by atoms with Gasteiger partial charge in [0.05, 0.1) is 22.9 Å². The number of halogens is 3. The molecule has 2 N–H and O–H groups in total. The van der Waals surface area contributed by atoms with E-state index in [4.69, 9.17) is 5.26 Å². The second-order valence-electron chi connectivity index (χ2n) is 4.51. The molecule has 7 heteroatoms. The van der Waals surface area contributed by atoms with Crippen molar-refractivity contribution in [3.63, 3.8) is 0 Å². The van der Waals surface area contributed by atoms with Crippen LogP contribution in [0.1, 0.15) is 24.0 Å². The summed E-state index contributed by atoms with van der Waals surface area (Å²) in [6.45, 7) is 0.732. The number of carbonyl (C=O) groups is 1. The molecule has 1 aromatic carbocycles. The van der Waals surface area contributed by atoms with Crippen LogP contribution in [0.5, 0.6) is 0 Å². The van der Waals surface area contributed by atoms with Crippen LogP contribution < -0.4 is 10.6 Å². The third-order valence-corrected chi connectivity index (χ3v) is 3.10. The van der Waals surface area contributed by atoms with Crippen molar-refractivity contribution in [2.75, 3.05) is 11.9 Å². The number of amides is 1. The Hall–Kier alpha value is -2.07. The average Bonchev–Trinajstić information content (AvgIpc) is 2.91. The number of carbonyl (C=O) groups excluding carboxylic acids is 1. The Balaban J connectivity index is 2.20. The highest BCUT2D eigenvalue weighted by Gasteiger charge is 2.31. The smallest absolute Gasteiger partial charge is 0.324 e. The predicted molar refractivity (Wildman–Crippen MR) is 65.8 cm³/mol. The zero-order valence-electron chi connectivity index (χ0n) is 10.4. The first kappa shape index (κ1) is 14.3. The molecular formula is C13H12F3N3O. The van der Waals surface area contributed by atoms with Gasteiger partial charge in [-0.2, -0.15) is 18.4 Å². The lowest BCUT2D eigenvalue weighted by molar-refractivity contribution is -0.137. The van der Waals surface area contributed by atoms with Crippen LogP contribution in [0, 0.1) is 11.3 Å². The summed E-state index contributed by atoms with van der Waals surface area (Å²) in [5.41, 5.74) is -1.02. The van der Waals surface area contributed by atoms with Gasteiger partial charge in [-0.05, 0) is 37.6 Å². The molecule has 0 unspecified atom stereocenters. The fourth-order valence-electron chi connectivity index (χ4n) is 2.05. The number of nitriles is 1. The fraction of sp³-hybridized carbons (Fsp3) is 0.385. The molecule has 1 amide bonds. The van der Waals surface area contributed by atoms with Crippen molar-refractivity contribution in [2.24, 2.45) is 0 Å². The predicted octanol–water partition coefficient (Wildman–Crippen LogP) is 2.27. The van der Waals surface area contributed by atoms with Crippen molar-refractivity contribution in [1.29, 1.82) is 5.26 Å². The van der Waals surface area contributed by atoms with E-state index in [1.807, 2.05) is 0 Å². The van der Waals surface area contributed by atoms with Crippen LogP contribution in [0.2, 0.25) is 0 Å². The van der Waals surface area contributed by atoms with Gasteiger partial charge in [0.25, 0.3) is 0 Å². The van der Waals surface area contributed by atoms with Gasteiger partial charge >= 0.3 is 6.18 Å². The molecule has 1 aliphatic heterocycles. The molecule has 0 radical (unpaired) electrons. The number of nitrogens with zero attached hydrogens (tertiary/aromatic N) is 1. The van der Waals surface area contributed by atoms with E-state index in [0.29, 0.717) is 6.42 Å². The average molecular weight is 283 g/mol. The molecule has 1 fully saturated rings. The molecule has 0 aliphatic carbocycles. The third kappa shape index (κ3) is 3.08. The molecule has 0 spiro atoms. The van der Waals surface area contributed by atoms with Gasteiger partial charge in [-0.1, -0.05) is 0 Å². The quantitative estimate of drug-likeness (QED) is 0.875. The molecule has 0 aromatic heterocycles. The van der Waals surface area contributed by atoms with E-state index >= 15 is 0 Å². The molecule has 1 aliphatic rings. The minimum absolute atomic E-state index is 0.0965. The first-order valence-corrected chi connectivity index (χ1v) is 6.07. The lowest BCUT2D eigenvalue weighted by Gasteiger charge is -2.13. The summed E-state index contributed by atoms with van der Waals surface area (Å²) < 4.78 is 37.6. The Bertz CT molecular complexity index is 557. The molecule has 1 atom stereocenters. The van der Waals surface area contributed by atoms with E-state index in [2.05, 4.69) is 10.6 Å². The molecule has 106 valence electrons. The van der Waals surface area contributed by atoms with Gasteiger partial charge in [0.15, 0.2) is 0 Å². The molecule has 1 heterocycles. The highest BCUT2D eigenvalue weighted by atomic mass is 19.4. The number of alkyl halides is 3. The molecule has 1 saturated heterocycles. The minimum Gasteiger partial charge on any atom is -0.324 e. The number of hydrogen-bond acceptors (Lipinski definition) is 3. The van der Waals surface area contributed by atoms with E-state index in [0.717, 1.165) is 31.2 Å². The summed E-state index contributed by atoms with van der Waals surface area (Å²) in [6, 6.07) is 4.00. The van der Waals surface area contributed by atoms with Crippen molar-refractivity contribution >= 4 is 11.6 Å². The van der Waals surface area contributed by atoms with Crippen LogP contribution in [0.4, 0.5) is 18.9 Å². The maximum absolute atomic E-state index is 12.5. The van der Waals surface area contributed by atoms with Crippen LogP contribution >= 0.6 is 0 Å². The Labute approximate surface area is 113 Å². The lowest BCUT2D eigenvalue weighted by atomic mass is 10.1. The van der Waals surface area contributed by atoms with Crippen molar-refractivity contribution in [2.45, 2.75) is 25.1 Å². The highest BCUT2D eigenvalue weighted by molar-refractivity contribution is 5.96. The fourth-order valence-corrected chi connectivity index (χ4v) is 2.05. The van der Waals surface area contributed by atoms with Crippen molar-refractivity contribution in [3.8, 4) is 6.07 Å². The molecule has 20 heavy (non-hydrogen) atoms. The number of benzene rings is 1. The largest absolute Gasteiger partial charge is 0.416 e. The number of anilines is 1. The van der Waals surface area contributed by atoms with Crippen molar-refractivity contribution < 1.29 is 18.0 Å². The Morgan fingerprint density at radius 2 is 2.20 bits per heavy atom. The van der Waals surface area contributed by atoms with Gasteiger partial charge in [-0.3, -0.25) is 4.79 Å². The highest BCUT2D eigenvalue weighted by Crippen LogP contribution is 2.31. The Morgan fingerprint density at radius 1 is 1.45 bits per heavy atom. The molecular weight excluding hydrogens is 271 g/mol. The summed E-state index contributed by atoms with van der Waals surface area (Å²) in [7, 11) is 0. The van der Waals surface area contributed by atoms with Gasteiger partial charge in [-0.25, -0.2) is 0 Å². The van der Waals surface area contributed by atoms with Gasteiger partial charge in [-0.15, -0.1) is 0 Å². The second-order valence-corrected chi connectivity index (χ2v) is 4.51. The van der Waals surface area contributed by atoms with Gasteiger partial charge in [0, 0.05) is 0 Å². The molecule has 0 bridgehead atoms. The van der Waals surface area contributed by atoms with Crippen molar-refractivity contribution in [3.05, 3.63) is 29.3 Å². The molecule has 0 saturated carbocycles. The summed E-state index contributed by atoms with van der Waals surface area (Å²) in [5.74, 6) is -0.334. The Morgan fingerprint density at radius 3 is 2.75 bits per heavy atom. The van der Waals surface area contributed by atoms with E-state index in [-0.39, 0.29) is 23.2 Å². The zero-order valence-corrected chi connectivity index (χ0v) is 10.4. The molecule has 1 aromatic rings. The second kappa shape index (κ2) is 5.51. The SMILES string of the molecule is N#Cc1cc(C(F)(F)F)ccc1NC(=O)[C@H]1CCCN1. The van der Waals surface area contributed by atoms with Crippen LogP contribution in [-0.2, 0) is 11.0 Å². The maximum Gasteiger partial charge on any atom is 0.416 e. The van der Waals surface area contributed by atoms with Gasteiger partial charge in [0.2, 0.25) is 5.91 Å². The van der Waals surface area contributed by atoms with E-state index < -0.39 is 11.7 Å². The molecule has 4 nitrogen and oxygen atoms in total. The summed E-state index contributed by atoms with van der Waals surface area (Å²) in [6.07, 6.45) is -2.97. The number of nitrogens with one attached hydrogen (secondary N) is 2.